The Bertz CT molecular complexity index is 816. The molecule has 0 aromatic carbocycles. The van der Waals surface area contributed by atoms with Gasteiger partial charge >= 0.3 is 0 Å². The molecule has 0 spiro atoms. The second kappa shape index (κ2) is 6.49. The van der Waals surface area contributed by atoms with E-state index in [-0.39, 0.29) is 6.10 Å². The van der Waals surface area contributed by atoms with Gasteiger partial charge in [0.2, 0.25) is 0 Å². The number of thiophene rings is 1. The predicted molar refractivity (Wildman–Crippen MR) is 95.3 cm³/mol. The molecule has 7 heteroatoms. The van der Waals surface area contributed by atoms with Crippen LogP contribution in [0, 0.1) is 0 Å². The van der Waals surface area contributed by atoms with Crippen LogP contribution in [0.5, 0.6) is 0 Å². The molecule has 1 unspecified atom stereocenters. The van der Waals surface area contributed by atoms with Crippen LogP contribution in [-0.4, -0.2) is 37.3 Å². The van der Waals surface area contributed by atoms with Gasteiger partial charge in [-0.15, -0.1) is 11.3 Å². The monoisotopic (exact) mass is 343 g/mol. The van der Waals surface area contributed by atoms with E-state index in [2.05, 4.69) is 37.4 Å². The normalized spacial score (nSPS) is 19.2. The van der Waals surface area contributed by atoms with E-state index in [0.29, 0.717) is 19.0 Å². The van der Waals surface area contributed by atoms with E-state index in [1.54, 1.807) is 24.0 Å². The Morgan fingerprint density at radius 3 is 3.08 bits per heavy atom. The Balaban J connectivity index is 1.72. The molecule has 24 heavy (non-hydrogen) atoms. The summed E-state index contributed by atoms with van der Waals surface area (Å²) in [6.07, 6.45) is 6.00. The minimum Gasteiger partial charge on any atom is -0.391 e. The quantitative estimate of drug-likeness (QED) is 0.771. The van der Waals surface area contributed by atoms with Gasteiger partial charge in [-0.1, -0.05) is 13.0 Å². The van der Waals surface area contributed by atoms with Crippen molar-refractivity contribution < 1.29 is 5.11 Å². The molecule has 4 rings (SSSR count). The molecule has 1 aliphatic heterocycles. The highest BCUT2D eigenvalue weighted by Gasteiger charge is 2.30. The van der Waals surface area contributed by atoms with Crippen LogP contribution in [0.15, 0.2) is 30.2 Å². The molecule has 0 amide bonds. The molecular formula is C17H21N5OS. The fourth-order valence-corrected chi connectivity index (χ4v) is 4.24. The molecule has 6 nitrogen and oxygen atoms in total. The van der Waals surface area contributed by atoms with Crippen molar-refractivity contribution in [2.45, 2.75) is 44.9 Å². The lowest BCUT2D eigenvalue weighted by atomic mass is 10.2. The number of aliphatic hydroxyl groups excluding tert-OH is 1. The third-order valence-corrected chi connectivity index (χ3v) is 5.63. The van der Waals surface area contributed by atoms with E-state index in [1.165, 1.54) is 4.88 Å². The summed E-state index contributed by atoms with van der Waals surface area (Å²) >= 11 is 1.80. The van der Waals surface area contributed by atoms with Gasteiger partial charge in [-0.3, -0.25) is 0 Å². The summed E-state index contributed by atoms with van der Waals surface area (Å²) in [5.41, 5.74) is 1.62. The molecular weight excluding hydrogens is 322 g/mol. The molecule has 4 heterocycles. The average molecular weight is 343 g/mol. The fourth-order valence-electron chi connectivity index (χ4n) is 3.37. The first-order valence-electron chi connectivity index (χ1n) is 8.42. The number of anilines is 1. The summed E-state index contributed by atoms with van der Waals surface area (Å²) < 4.78 is 1.92. The molecule has 0 radical (unpaired) electrons. The van der Waals surface area contributed by atoms with E-state index in [0.717, 1.165) is 36.4 Å². The number of hydrogen-bond acceptors (Lipinski definition) is 6. The van der Waals surface area contributed by atoms with Crippen LogP contribution >= 0.6 is 11.3 Å². The zero-order valence-electron chi connectivity index (χ0n) is 13.7. The number of nitrogens with zero attached hydrogens (tertiary/aromatic N) is 5. The van der Waals surface area contributed by atoms with Crippen molar-refractivity contribution in [2.24, 2.45) is 0 Å². The molecule has 3 aromatic heterocycles. The first-order chi connectivity index (χ1) is 11.8. The topological polar surface area (TPSA) is 67.1 Å². The number of hydrogen-bond donors (Lipinski definition) is 1. The third-order valence-electron chi connectivity index (χ3n) is 4.66. The van der Waals surface area contributed by atoms with Gasteiger partial charge in [-0.05, 0) is 30.7 Å². The van der Waals surface area contributed by atoms with Gasteiger partial charge in [-0.25, -0.2) is 15.0 Å². The van der Waals surface area contributed by atoms with Crippen molar-refractivity contribution in [1.29, 1.82) is 0 Å². The number of aliphatic hydroxyl groups is 1. The Morgan fingerprint density at radius 2 is 2.29 bits per heavy atom. The van der Waals surface area contributed by atoms with Gasteiger partial charge < -0.3 is 14.6 Å². The highest BCUT2D eigenvalue weighted by molar-refractivity contribution is 7.10. The molecule has 1 N–H and O–H groups in total. The largest absolute Gasteiger partial charge is 0.391 e. The Hall–Kier alpha value is -1.99. The average Bonchev–Trinajstić information content (AvgIpc) is 3.34. The van der Waals surface area contributed by atoms with Crippen molar-refractivity contribution in [3.05, 3.63) is 35.0 Å². The highest BCUT2D eigenvalue weighted by Crippen LogP contribution is 2.38. The van der Waals surface area contributed by atoms with Gasteiger partial charge in [0.15, 0.2) is 17.0 Å². The van der Waals surface area contributed by atoms with Crippen molar-refractivity contribution in [1.82, 2.24) is 19.5 Å². The summed E-state index contributed by atoms with van der Waals surface area (Å²) in [5, 5.41) is 12.1. The molecule has 0 saturated carbocycles. The van der Waals surface area contributed by atoms with E-state index in [1.807, 2.05) is 11.5 Å². The van der Waals surface area contributed by atoms with Crippen molar-refractivity contribution in [3.63, 3.8) is 0 Å². The van der Waals surface area contributed by atoms with Gasteiger partial charge in [0, 0.05) is 11.4 Å². The van der Waals surface area contributed by atoms with Crippen molar-refractivity contribution >= 4 is 28.3 Å². The van der Waals surface area contributed by atoms with Crippen LogP contribution in [0.1, 0.15) is 37.1 Å². The highest BCUT2D eigenvalue weighted by atomic mass is 32.1. The van der Waals surface area contributed by atoms with Crippen molar-refractivity contribution in [2.75, 3.05) is 11.4 Å². The lowest BCUT2D eigenvalue weighted by molar-refractivity contribution is 0.151. The van der Waals surface area contributed by atoms with Crippen LogP contribution in [-0.2, 0) is 6.54 Å². The fraction of sp³-hybridized carbons (Fsp3) is 0.471. The number of imidazole rings is 1. The lowest BCUT2D eigenvalue weighted by Gasteiger charge is -2.24. The molecule has 1 saturated heterocycles. The molecule has 1 fully saturated rings. The number of fused-ring (bicyclic) bond motifs is 1. The summed E-state index contributed by atoms with van der Waals surface area (Å²) in [6.45, 7) is 3.47. The van der Waals surface area contributed by atoms with Crippen LogP contribution in [0.3, 0.4) is 0 Å². The Morgan fingerprint density at radius 1 is 1.38 bits per heavy atom. The maximum atomic E-state index is 9.94. The maximum Gasteiger partial charge on any atom is 0.165 e. The number of rotatable bonds is 5. The van der Waals surface area contributed by atoms with Gasteiger partial charge in [-0.2, -0.15) is 0 Å². The van der Waals surface area contributed by atoms with Crippen LogP contribution < -0.4 is 4.90 Å². The van der Waals surface area contributed by atoms with Crippen LogP contribution in [0.4, 0.5) is 5.82 Å². The standard InChI is InChI=1S/C17H21N5OS/c1-2-12(23)9-21-11-20-15-16(21)18-10-19-17(15)22-7-3-5-13(22)14-6-4-8-24-14/h4,6,8,10-13,23H,2-3,5,7,9H2,1H3/t12-,13?/m1/s1. The molecule has 2 atom stereocenters. The summed E-state index contributed by atoms with van der Waals surface area (Å²) in [5.74, 6) is 0.903. The van der Waals surface area contributed by atoms with E-state index >= 15 is 0 Å². The van der Waals surface area contributed by atoms with Crippen LogP contribution in [0.25, 0.3) is 11.2 Å². The van der Waals surface area contributed by atoms with Gasteiger partial charge in [0.25, 0.3) is 0 Å². The minimum absolute atomic E-state index is 0.370. The van der Waals surface area contributed by atoms with Gasteiger partial charge in [0.05, 0.1) is 25.0 Å². The van der Waals surface area contributed by atoms with Gasteiger partial charge in [0.1, 0.15) is 6.33 Å². The third kappa shape index (κ3) is 2.67. The number of aromatic nitrogens is 4. The first-order valence-corrected chi connectivity index (χ1v) is 9.30. The second-order valence-corrected chi connectivity index (χ2v) is 7.17. The molecule has 0 bridgehead atoms. The van der Waals surface area contributed by atoms with E-state index < -0.39 is 0 Å². The second-order valence-electron chi connectivity index (χ2n) is 6.20. The zero-order valence-corrected chi connectivity index (χ0v) is 14.5. The van der Waals surface area contributed by atoms with E-state index in [9.17, 15) is 5.11 Å². The minimum atomic E-state index is -0.383. The predicted octanol–water partition coefficient (Wildman–Crippen LogP) is 3.00. The first kappa shape index (κ1) is 15.5. The molecule has 0 aliphatic carbocycles. The zero-order chi connectivity index (χ0) is 16.5. The summed E-state index contributed by atoms with van der Waals surface area (Å²) in [7, 11) is 0. The smallest absolute Gasteiger partial charge is 0.165 e. The molecule has 1 aliphatic rings. The molecule has 126 valence electrons. The van der Waals surface area contributed by atoms with E-state index in [4.69, 9.17) is 0 Å². The summed E-state index contributed by atoms with van der Waals surface area (Å²) in [6, 6.07) is 4.67. The van der Waals surface area contributed by atoms with Crippen molar-refractivity contribution in [3.8, 4) is 0 Å². The lowest BCUT2D eigenvalue weighted by Crippen LogP contribution is -2.23. The van der Waals surface area contributed by atoms with Crippen LogP contribution in [0.2, 0.25) is 0 Å². The molecule has 3 aromatic rings. The Kier molecular flexibility index (Phi) is 4.20. The summed E-state index contributed by atoms with van der Waals surface area (Å²) in [4.78, 5) is 17.2. The maximum absolute atomic E-state index is 9.94. The SMILES string of the molecule is CC[C@@H](O)Cn1cnc2c(N3CCCC3c3cccs3)ncnc21. The Labute approximate surface area is 144 Å².